The van der Waals surface area contributed by atoms with Gasteiger partial charge in [-0.15, -0.1) is 0 Å². The fourth-order valence-electron chi connectivity index (χ4n) is 3.07. The molecule has 0 spiro atoms. The number of nitrogens with zero attached hydrogens (tertiary/aromatic N) is 1. The molecule has 2 aromatic carbocycles. The lowest BCUT2D eigenvalue weighted by molar-refractivity contribution is -0.119. The van der Waals surface area contributed by atoms with E-state index in [9.17, 15) is 9.59 Å². The molecule has 0 radical (unpaired) electrons. The van der Waals surface area contributed by atoms with Gasteiger partial charge in [0.2, 0.25) is 5.91 Å². The number of amides is 2. The molecule has 1 saturated heterocycles. The second-order valence-corrected chi connectivity index (χ2v) is 5.97. The first-order valence-electron chi connectivity index (χ1n) is 8.20. The van der Waals surface area contributed by atoms with Gasteiger partial charge in [-0.3, -0.25) is 9.59 Å². The van der Waals surface area contributed by atoms with Crippen molar-refractivity contribution < 1.29 is 14.3 Å². The summed E-state index contributed by atoms with van der Waals surface area (Å²) >= 11 is 0. The highest BCUT2D eigenvalue weighted by atomic mass is 16.5. The van der Waals surface area contributed by atoms with Crippen LogP contribution in [0.4, 0.5) is 11.4 Å². The highest BCUT2D eigenvalue weighted by Gasteiger charge is 2.34. The fraction of sp³-hybridized carbons (Fsp3) is 0.263. The number of nitrogen functional groups attached to an aromatic ring is 1. The Morgan fingerprint density at radius 1 is 1.20 bits per heavy atom. The first-order valence-corrected chi connectivity index (χ1v) is 8.20. The van der Waals surface area contributed by atoms with Crippen molar-refractivity contribution in [2.75, 3.05) is 24.7 Å². The van der Waals surface area contributed by atoms with Crippen molar-refractivity contribution in [3.8, 4) is 5.75 Å². The Morgan fingerprint density at radius 3 is 2.64 bits per heavy atom. The lowest BCUT2D eigenvalue weighted by atomic mass is 10.1. The van der Waals surface area contributed by atoms with Crippen molar-refractivity contribution in [3.63, 3.8) is 0 Å². The van der Waals surface area contributed by atoms with Crippen LogP contribution in [0.1, 0.15) is 23.2 Å². The van der Waals surface area contributed by atoms with Gasteiger partial charge in [-0.05, 0) is 43.2 Å². The van der Waals surface area contributed by atoms with E-state index in [-0.39, 0.29) is 11.8 Å². The summed E-state index contributed by atoms with van der Waals surface area (Å²) in [6.45, 7) is 0.580. The molecule has 1 aliphatic rings. The quantitative estimate of drug-likeness (QED) is 0.838. The van der Waals surface area contributed by atoms with E-state index in [0.29, 0.717) is 35.7 Å². The van der Waals surface area contributed by atoms with Gasteiger partial charge >= 0.3 is 0 Å². The first-order chi connectivity index (χ1) is 12.1. The standard InChI is InChI=1S/C19H21N3O3/c1-25-17-10-9-14(12-15(17)20)21-18(23)16-8-5-11-22(16)19(24)13-6-3-2-4-7-13/h2-4,6-7,9-10,12,16H,5,8,11,20H2,1H3,(H,21,23). The average molecular weight is 339 g/mol. The number of rotatable bonds is 4. The topological polar surface area (TPSA) is 84.7 Å². The van der Waals surface area contributed by atoms with E-state index >= 15 is 0 Å². The fourth-order valence-corrected chi connectivity index (χ4v) is 3.07. The molecule has 3 N–H and O–H groups in total. The molecule has 25 heavy (non-hydrogen) atoms. The van der Waals surface area contributed by atoms with Crippen LogP contribution in [0.15, 0.2) is 48.5 Å². The van der Waals surface area contributed by atoms with E-state index in [2.05, 4.69) is 5.32 Å². The summed E-state index contributed by atoms with van der Waals surface area (Å²) in [5, 5.41) is 2.84. The normalized spacial score (nSPS) is 16.5. The zero-order chi connectivity index (χ0) is 17.8. The van der Waals surface area contributed by atoms with Crippen LogP contribution in [0.3, 0.4) is 0 Å². The predicted molar refractivity (Wildman–Crippen MR) is 96.5 cm³/mol. The van der Waals surface area contributed by atoms with Crippen LogP contribution in [0.5, 0.6) is 5.75 Å². The molecule has 1 unspecified atom stereocenters. The molecule has 0 saturated carbocycles. The Balaban J connectivity index is 1.72. The van der Waals surface area contributed by atoms with Crippen LogP contribution in [0.25, 0.3) is 0 Å². The van der Waals surface area contributed by atoms with E-state index in [1.54, 1.807) is 35.2 Å². The van der Waals surface area contributed by atoms with Gasteiger partial charge < -0.3 is 20.7 Å². The number of benzene rings is 2. The Kier molecular flexibility index (Phi) is 4.88. The number of nitrogens with one attached hydrogen (secondary N) is 1. The molecule has 2 amide bonds. The van der Waals surface area contributed by atoms with Crippen LogP contribution in [-0.4, -0.2) is 36.4 Å². The van der Waals surface area contributed by atoms with Crippen molar-refractivity contribution in [1.82, 2.24) is 4.90 Å². The van der Waals surface area contributed by atoms with Gasteiger partial charge in [0, 0.05) is 17.8 Å². The van der Waals surface area contributed by atoms with Crippen LogP contribution in [0.2, 0.25) is 0 Å². The van der Waals surface area contributed by atoms with Crippen molar-refractivity contribution in [3.05, 3.63) is 54.1 Å². The van der Waals surface area contributed by atoms with Crippen molar-refractivity contribution in [2.24, 2.45) is 0 Å². The highest BCUT2D eigenvalue weighted by molar-refractivity contribution is 6.01. The summed E-state index contributed by atoms with van der Waals surface area (Å²) in [6, 6.07) is 13.6. The molecule has 0 aromatic heterocycles. The van der Waals surface area contributed by atoms with Gasteiger partial charge in [-0.1, -0.05) is 18.2 Å². The minimum absolute atomic E-state index is 0.118. The van der Waals surface area contributed by atoms with Crippen molar-refractivity contribution >= 4 is 23.2 Å². The number of ether oxygens (including phenoxy) is 1. The van der Waals surface area contributed by atoms with E-state index in [0.717, 1.165) is 6.42 Å². The molecular formula is C19H21N3O3. The Bertz CT molecular complexity index is 777. The summed E-state index contributed by atoms with van der Waals surface area (Å²) in [5.41, 5.74) is 7.50. The molecule has 0 bridgehead atoms. The summed E-state index contributed by atoms with van der Waals surface area (Å²) < 4.78 is 5.11. The lowest BCUT2D eigenvalue weighted by Gasteiger charge is -2.24. The largest absolute Gasteiger partial charge is 0.495 e. The molecule has 130 valence electrons. The monoisotopic (exact) mass is 339 g/mol. The number of anilines is 2. The van der Waals surface area contributed by atoms with Crippen LogP contribution in [0, 0.1) is 0 Å². The molecule has 1 fully saturated rings. The van der Waals surface area contributed by atoms with Crippen molar-refractivity contribution in [1.29, 1.82) is 0 Å². The number of methoxy groups -OCH3 is 1. The Hall–Kier alpha value is -3.02. The van der Waals surface area contributed by atoms with Gasteiger partial charge in [0.1, 0.15) is 11.8 Å². The maximum atomic E-state index is 12.7. The second kappa shape index (κ2) is 7.25. The maximum absolute atomic E-state index is 12.7. The van der Waals surface area contributed by atoms with E-state index in [1.165, 1.54) is 7.11 Å². The minimum atomic E-state index is -0.476. The van der Waals surface area contributed by atoms with Gasteiger partial charge in [0.25, 0.3) is 5.91 Å². The summed E-state index contributed by atoms with van der Waals surface area (Å²) in [5.74, 6) is 0.235. The number of likely N-dealkylation sites (tertiary alicyclic amines) is 1. The Morgan fingerprint density at radius 2 is 1.96 bits per heavy atom. The van der Waals surface area contributed by atoms with Gasteiger partial charge in [0.05, 0.1) is 12.8 Å². The minimum Gasteiger partial charge on any atom is -0.495 e. The molecule has 1 atom stereocenters. The number of hydrogen-bond acceptors (Lipinski definition) is 4. The van der Waals surface area contributed by atoms with Crippen LogP contribution < -0.4 is 15.8 Å². The molecular weight excluding hydrogens is 318 g/mol. The first kappa shape index (κ1) is 16.8. The van der Waals surface area contributed by atoms with Gasteiger partial charge in [-0.25, -0.2) is 0 Å². The maximum Gasteiger partial charge on any atom is 0.254 e. The molecule has 6 nitrogen and oxygen atoms in total. The SMILES string of the molecule is COc1ccc(NC(=O)C2CCCN2C(=O)c2ccccc2)cc1N. The molecule has 1 heterocycles. The van der Waals surface area contributed by atoms with Crippen molar-refractivity contribution in [2.45, 2.75) is 18.9 Å². The Labute approximate surface area is 146 Å². The molecule has 3 rings (SSSR count). The number of nitrogens with two attached hydrogens (primary N) is 1. The summed E-state index contributed by atoms with van der Waals surface area (Å²) in [4.78, 5) is 26.9. The number of carbonyl (C=O) groups excluding carboxylic acids is 2. The molecule has 2 aromatic rings. The lowest BCUT2D eigenvalue weighted by Crippen LogP contribution is -2.43. The van der Waals surface area contributed by atoms with E-state index < -0.39 is 6.04 Å². The smallest absolute Gasteiger partial charge is 0.254 e. The number of hydrogen-bond donors (Lipinski definition) is 2. The molecule has 6 heteroatoms. The third-order valence-electron chi connectivity index (χ3n) is 4.33. The third kappa shape index (κ3) is 3.57. The zero-order valence-electron chi connectivity index (χ0n) is 14.1. The zero-order valence-corrected chi connectivity index (χ0v) is 14.1. The molecule has 1 aliphatic heterocycles. The second-order valence-electron chi connectivity index (χ2n) is 5.97. The van der Waals surface area contributed by atoms with E-state index in [4.69, 9.17) is 10.5 Å². The van der Waals surface area contributed by atoms with Gasteiger partial charge in [0.15, 0.2) is 0 Å². The highest BCUT2D eigenvalue weighted by Crippen LogP contribution is 2.26. The summed E-state index contributed by atoms with van der Waals surface area (Å²) in [6.07, 6.45) is 1.46. The van der Waals surface area contributed by atoms with Crippen LogP contribution >= 0.6 is 0 Å². The van der Waals surface area contributed by atoms with E-state index in [1.807, 2.05) is 18.2 Å². The average Bonchev–Trinajstić information content (AvgIpc) is 3.12. The predicted octanol–water partition coefficient (Wildman–Crippen LogP) is 2.52. The van der Waals surface area contributed by atoms with Crippen LogP contribution in [-0.2, 0) is 4.79 Å². The third-order valence-corrected chi connectivity index (χ3v) is 4.33. The van der Waals surface area contributed by atoms with Gasteiger partial charge in [-0.2, -0.15) is 0 Å². The number of carbonyl (C=O) groups is 2. The molecule has 0 aliphatic carbocycles. The summed E-state index contributed by atoms with van der Waals surface area (Å²) in [7, 11) is 1.54.